The average Bonchev–Trinajstić information content (AvgIpc) is 2.40. The van der Waals surface area contributed by atoms with Crippen LogP contribution < -0.4 is 10.6 Å². The molecule has 18 heavy (non-hydrogen) atoms. The Morgan fingerprint density at radius 3 is 2.78 bits per heavy atom. The molecule has 100 valence electrons. The third-order valence-corrected chi connectivity index (χ3v) is 2.84. The van der Waals surface area contributed by atoms with Crippen molar-refractivity contribution in [1.29, 1.82) is 0 Å². The maximum Gasteiger partial charge on any atom is 0.340 e. The second kappa shape index (κ2) is 6.83. The lowest BCUT2D eigenvalue weighted by Gasteiger charge is -2.23. The van der Waals surface area contributed by atoms with Gasteiger partial charge in [-0.2, -0.15) is 0 Å². The van der Waals surface area contributed by atoms with Gasteiger partial charge in [-0.05, 0) is 19.4 Å². The lowest BCUT2D eigenvalue weighted by Crippen LogP contribution is -2.26. The van der Waals surface area contributed by atoms with Crippen LogP contribution in [0.3, 0.4) is 0 Å². The van der Waals surface area contributed by atoms with Crippen molar-refractivity contribution < 1.29 is 9.53 Å². The van der Waals surface area contributed by atoms with E-state index in [1.165, 1.54) is 7.11 Å². The number of carbonyl (C=O) groups excluding carboxylic acids is 1. The molecule has 0 fully saturated rings. The van der Waals surface area contributed by atoms with E-state index in [4.69, 9.17) is 10.5 Å². The summed E-state index contributed by atoms with van der Waals surface area (Å²) in [6.45, 7) is 5.87. The fourth-order valence-electron chi connectivity index (χ4n) is 1.76. The Kier molecular flexibility index (Phi) is 5.42. The van der Waals surface area contributed by atoms with Gasteiger partial charge in [0.1, 0.15) is 0 Å². The van der Waals surface area contributed by atoms with Crippen LogP contribution >= 0.6 is 0 Å². The summed E-state index contributed by atoms with van der Waals surface area (Å²) in [5.41, 5.74) is 6.77. The van der Waals surface area contributed by atoms with Crippen LogP contribution in [-0.4, -0.2) is 31.2 Å². The largest absolute Gasteiger partial charge is 0.465 e. The number of nitrogens with zero attached hydrogens (tertiary/aromatic N) is 2. The molecule has 0 saturated carbocycles. The zero-order chi connectivity index (χ0) is 13.5. The lowest BCUT2D eigenvalue weighted by molar-refractivity contribution is 0.0602. The SMILES string of the molecule is CCCCN(CC)c1nccc(C(=O)OC)c1N. The molecular formula is C13H21N3O2. The van der Waals surface area contributed by atoms with E-state index in [0.29, 0.717) is 17.1 Å². The maximum atomic E-state index is 11.6. The maximum absolute atomic E-state index is 11.6. The number of carbonyl (C=O) groups is 1. The van der Waals surface area contributed by atoms with E-state index >= 15 is 0 Å². The molecule has 0 aliphatic carbocycles. The molecule has 0 aromatic carbocycles. The van der Waals surface area contributed by atoms with E-state index in [9.17, 15) is 4.79 Å². The molecule has 5 heteroatoms. The third-order valence-electron chi connectivity index (χ3n) is 2.84. The standard InChI is InChI=1S/C13H21N3O2/c1-4-6-9-16(5-2)12-11(14)10(7-8-15-12)13(17)18-3/h7-8H,4-6,9,14H2,1-3H3. The monoisotopic (exact) mass is 251 g/mol. The number of esters is 1. The van der Waals surface area contributed by atoms with E-state index < -0.39 is 5.97 Å². The lowest BCUT2D eigenvalue weighted by atomic mass is 10.2. The number of methoxy groups -OCH3 is 1. The molecule has 1 heterocycles. The first-order valence-electron chi connectivity index (χ1n) is 6.23. The van der Waals surface area contributed by atoms with Gasteiger partial charge < -0.3 is 15.4 Å². The molecule has 0 aliphatic rings. The summed E-state index contributed by atoms with van der Waals surface area (Å²) in [5, 5.41) is 0. The molecule has 2 N–H and O–H groups in total. The summed E-state index contributed by atoms with van der Waals surface area (Å²) < 4.78 is 4.70. The van der Waals surface area contributed by atoms with Gasteiger partial charge in [0.05, 0.1) is 18.4 Å². The van der Waals surface area contributed by atoms with Crippen LogP contribution in [0.2, 0.25) is 0 Å². The Morgan fingerprint density at radius 1 is 1.50 bits per heavy atom. The Hall–Kier alpha value is -1.78. The molecule has 1 rings (SSSR count). The number of aromatic nitrogens is 1. The minimum absolute atomic E-state index is 0.373. The van der Waals surface area contributed by atoms with E-state index in [-0.39, 0.29) is 0 Å². The Bertz CT molecular complexity index is 407. The van der Waals surface area contributed by atoms with Gasteiger partial charge in [-0.1, -0.05) is 13.3 Å². The third kappa shape index (κ3) is 3.12. The van der Waals surface area contributed by atoms with Crippen molar-refractivity contribution in [2.24, 2.45) is 0 Å². The number of nitrogens with two attached hydrogens (primary N) is 1. The molecule has 0 unspecified atom stereocenters. The van der Waals surface area contributed by atoms with Gasteiger partial charge in [-0.15, -0.1) is 0 Å². The predicted octanol–water partition coefficient (Wildman–Crippen LogP) is 2.08. The summed E-state index contributed by atoms with van der Waals surface area (Å²) in [4.78, 5) is 17.9. The zero-order valence-corrected chi connectivity index (χ0v) is 11.3. The molecule has 5 nitrogen and oxygen atoms in total. The number of rotatable bonds is 6. The molecule has 0 saturated heterocycles. The van der Waals surface area contributed by atoms with Gasteiger partial charge in [0, 0.05) is 19.3 Å². The zero-order valence-electron chi connectivity index (χ0n) is 11.3. The van der Waals surface area contributed by atoms with Crippen molar-refractivity contribution in [2.75, 3.05) is 30.8 Å². The second-order valence-electron chi connectivity index (χ2n) is 4.02. The normalized spacial score (nSPS) is 10.2. The molecule has 0 spiro atoms. The first-order chi connectivity index (χ1) is 8.65. The summed E-state index contributed by atoms with van der Waals surface area (Å²) in [6.07, 6.45) is 3.76. The van der Waals surface area contributed by atoms with Crippen molar-refractivity contribution in [2.45, 2.75) is 26.7 Å². The average molecular weight is 251 g/mol. The minimum Gasteiger partial charge on any atom is -0.465 e. The van der Waals surface area contributed by atoms with Crippen LogP contribution in [0, 0.1) is 0 Å². The Morgan fingerprint density at radius 2 is 2.22 bits per heavy atom. The number of hydrogen-bond donors (Lipinski definition) is 1. The highest BCUT2D eigenvalue weighted by Crippen LogP contribution is 2.24. The van der Waals surface area contributed by atoms with Crippen molar-refractivity contribution in [3.8, 4) is 0 Å². The van der Waals surface area contributed by atoms with Crippen molar-refractivity contribution >= 4 is 17.5 Å². The van der Waals surface area contributed by atoms with E-state index in [1.54, 1.807) is 12.3 Å². The summed E-state index contributed by atoms with van der Waals surface area (Å²) >= 11 is 0. The molecule has 1 aromatic heterocycles. The summed E-state index contributed by atoms with van der Waals surface area (Å²) in [5.74, 6) is 0.233. The van der Waals surface area contributed by atoms with Crippen molar-refractivity contribution in [1.82, 2.24) is 4.98 Å². The Balaban J connectivity index is 3.04. The first-order valence-corrected chi connectivity index (χ1v) is 6.23. The Labute approximate surface area is 108 Å². The highest BCUT2D eigenvalue weighted by atomic mass is 16.5. The van der Waals surface area contributed by atoms with E-state index in [1.807, 2.05) is 6.92 Å². The predicted molar refractivity (Wildman–Crippen MR) is 72.8 cm³/mol. The second-order valence-corrected chi connectivity index (χ2v) is 4.02. The van der Waals surface area contributed by atoms with Crippen LogP contribution in [0.15, 0.2) is 12.3 Å². The molecule has 0 radical (unpaired) electrons. The highest BCUT2D eigenvalue weighted by molar-refractivity contribution is 5.97. The van der Waals surface area contributed by atoms with Crippen LogP contribution in [0.5, 0.6) is 0 Å². The number of ether oxygens (including phenoxy) is 1. The molecule has 0 aliphatic heterocycles. The number of hydrogen-bond acceptors (Lipinski definition) is 5. The molecule has 0 amide bonds. The van der Waals surface area contributed by atoms with Crippen molar-refractivity contribution in [3.05, 3.63) is 17.8 Å². The minimum atomic E-state index is -0.428. The number of unbranched alkanes of at least 4 members (excludes halogenated alkanes) is 1. The number of anilines is 2. The van der Waals surface area contributed by atoms with Crippen LogP contribution in [0.1, 0.15) is 37.0 Å². The first kappa shape index (κ1) is 14.3. The fourth-order valence-corrected chi connectivity index (χ4v) is 1.76. The highest BCUT2D eigenvalue weighted by Gasteiger charge is 2.17. The molecule has 0 bridgehead atoms. The van der Waals surface area contributed by atoms with Gasteiger partial charge in [0.15, 0.2) is 5.82 Å². The van der Waals surface area contributed by atoms with Crippen LogP contribution in [0.4, 0.5) is 11.5 Å². The van der Waals surface area contributed by atoms with Gasteiger partial charge in [0.25, 0.3) is 0 Å². The summed E-state index contributed by atoms with van der Waals surface area (Å²) in [6, 6.07) is 1.58. The van der Waals surface area contributed by atoms with Gasteiger partial charge >= 0.3 is 5.97 Å². The fraction of sp³-hybridized carbons (Fsp3) is 0.538. The van der Waals surface area contributed by atoms with Gasteiger partial charge in [-0.25, -0.2) is 9.78 Å². The van der Waals surface area contributed by atoms with E-state index in [0.717, 1.165) is 25.9 Å². The van der Waals surface area contributed by atoms with Crippen LogP contribution in [-0.2, 0) is 4.74 Å². The topological polar surface area (TPSA) is 68.5 Å². The smallest absolute Gasteiger partial charge is 0.340 e. The number of nitrogen functional groups attached to an aromatic ring is 1. The quantitative estimate of drug-likeness (QED) is 0.784. The van der Waals surface area contributed by atoms with Gasteiger partial charge in [0.2, 0.25) is 0 Å². The van der Waals surface area contributed by atoms with Crippen LogP contribution in [0.25, 0.3) is 0 Å². The number of pyridine rings is 1. The molecule has 0 atom stereocenters. The van der Waals surface area contributed by atoms with E-state index in [2.05, 4.69) is 16.8 Å². The summed E-state index contributed by atoms with van der Waals surface area (Å²) in [7, 11) is 1.34. The molecular weight excluding hydrogens is 230 g/mol. The molecule has 1 aromatic rings. The van der Waals surface area contributed by atoms with Gasteiger partial charge in [-0.3, -0.25) is 0 Å². The van der Waals surface area contributed by atoms with Crippen molar-refractivity contribution in [3.63, 3.8) is 0 Å².